The van der Waals surface area contributed by atoms with E-state index in [1.54, 1.807) is 6.07 Å². The van der Waals surface area contributed by atoms with Gasteiger partial charge in [0.2, 0.25) is 0 Å². The molecule has 1 fully saturated rings. The molecule has 0 spiro atoms. The van der Waals surface area contributed by atoms with Gasteiger partial charge >= 0.3 is 0 Å². The standard InChI is InChI=1S/C13H20ClN3S/c1-3-13(6-4-5-7-13)9-15-11-8-10(14)16-12(17-11)18-2/h8H,3-7,9H2,1-2H3,(H,15,16,17). The largest absolute Gasteiger partial charge is 0.369 e. The number of rotatable bonds is 5. The number of nitrogens with zero attached hydrogens (tertiary/aromatic N) is 2. The highest BCUT2D eigenvalue weighted by molar-refractivity contribution is 7.98. The Bertz CT molecular complexity index is 405. The Balaban J connectivity index is 2.03. The summed E-state index contributed by atoms with van der Waals surface area (Å²) in [6, 6.07) is 1.81. The lowest BCUT2D eigenvalue weighted by Crippen LogP contribution is -2.26. The van der Waals surface area contributed by atoms with Crippen LogP contribution in [0.25, 0.3) is 0 Å². The minimum atomic E-state index is 0.455. The zero-order chi connectivity index (χ0) is 13.0. The van der Waals surface area contributed by atoms with E-state index < -0.39 is 0 Å². The van der Waals surface area contributed by atoms with Crippen molar-refractivity contribution in [2.75, 3.05) is 18.1 Å². The molecule has 100 valence electrons. The lowest BCUT2D eigenvalue weighted by Gasteiger charge is -2.27. The molecule has 1 N–H and O–H groups in total. The van der Waals surface area contributed by atoms with E-state index in [1.807, 2.05) is 6.26 Å². The number of halogens is 1. The predicted octanol–water partition coefficient (Wildman–Crippen LogP) is 4.23. The van der Waals surface area contributed by atoms with Crippen LogP contribution in [0.4, 0.5) is 5.82 Å². The second kappa shape index (κ2) is 6.11. The lowest BCUT2D eigenvalue weighted by atomic mass is 9.83. The molecule has 5 heteroatoms. The normalized spacial score (nSPS) is 17.9. The van der Waals surface area contributed by atoms with Crippen LogP contribution in [0.3, 0.4) is 0 Å². The molecule has 0 atom stereocenters. The van der Waals surface area contributed by atoms with Gasteiger partial charge < -0.3 is 5.32 Å². The highest BCUT2D eigenvalue weighted by Crippen LogP contribution is 2.40. The maximum Gasteiger partial charge on any atom is 0.190 e. The van der Waals surface area contributed by atoms with Crippen LogP contribution in [-0.4, -0.2) is 22.8 Å². The van der Waals surface area contributed by atoms with Gasteiger partial charge in [-0.2, -0.15) is 0 Å². The molecule has 0 amide bonds. The maximum absolute atomic E-state index is 5.99. The van der Waals surface area contributed by atoms with Gasteiger partial charge in [0.15, 0.2) is 5.16 Å². The average molecular weight is 286 g/mol. The SMILES string of the molecule is CCC1(CNc2cc(Cl)nc(SC)n2)CCCC1. The van der Waals surface area contributed by atoms with Gasteiger partial charge in [0, 0.05) is 12.6 Å². The van der Waals surface area contributed by atoms with Crippen LogP contribution < -0.4 is 5.32 Å². The van der Waals surface area contributed by atoms with Crippen molar-refractivity contribution in [2.24, 2.45) is 5.41 Å². The molecule has 2 rings (SSSR count). The Morgan fingerprint density at radius 2 is 2.11 bits per heavy atom. The molecule has 1 aliphatic carbocycles. The third-order valence-corrected chi connectivity index (χ3v) is 4.66. The van der Waals surface area contributed by atoms with Crippen LogP contribution >= 0.6 is 23.4 Å². The Hall–Kier alpha value is -0.480. The first kappa shape index (κ1) is 13.9. The summed E-state index contributed by atoms with van der Waals surface area (Å²) < 4.78 is 0. The zero-order valence-corrected chi connectivity index (χ0v) is 12.6. The van der Waals surface area contributed by atoms with Crippen molar-refractivity contribution in [2.45, 2.75) is 44.2 Å². The van der Waals surface area contributed by atoms with Crippen LogP contribution in [0, 0.1) is 5.41 Å². The Labute approximate surface area is 118 Å². The van der Waals surface area contributed by atoms with E-state index in [4.69, 9.17) is 11.6 Å². The monoisotopic (exact) mass is 285 g/mol. The molecule has 1 aliphatic rings. The minimum absolute atomic E-state index is 0.455. The maximum atomic E-state index is 5.99. The summed E-state index contributed by atoms with van der Waals surface area (Å²) in [5.41, 5.74) is 0.455. The summed E-state index contributed by atoms with van der Waals surface area (Å²) in [5.74, 6) is 0.846. The average Bonchev–Trinajstić information content (AvgIpc) is 2.85. The van der Waals surface area contributed by atoms with E-state index >= 15 is 0 Å². The quantitative estimate of drug-likeness (QED) is 0.499. The third-order valence-electron chi connectivity index (χ3n) is 3.92. The number of aromatic nitrogens is 2. The molecule has 0 saturated heterocycles. The van der Waals surface area contributed by atoms with Crippen molar-refractivity contribution in [3.8, 4) is 0 Å². The van der Waals surface area contributed by atoms with Gasteiger partial charge in [-0.25, -0.2) is 9.97 Å². The Kier molecular flexibility index (Phi) is 4.73. The van der Waals surface area contributed by atoms with Gasteiger partial charge in [0.1, 0.15) is 11.0 Å². The van der Waals surface area contributed by atoms with Gasteiger partial charge in [-0.1, -0.05) is 43.1 Å². The van der Waals surface area contributed by atoms with Crippen LogP contribution in [0.15, 0.2) is 11.2 Å². The summed E-state index contributed by atoms with van der Waals surface area (Å²) >= 11 is 7.50. The molecule has 18 heavy (non-hydrogen) atoms. The smallest absolute Gasteiger partial charge is 0.190 e. The van der Waals surface area contributed by atoms with E-state index in [2.05, 4.69) is 22.2 Å². The fourth-order valence-corrected chi connectivity index (χ4v) is 3.25. The molecular weight excluding hydrogens is 266 g/mol. The molecule has 1 aromatic heterocycles. The molecule has 0 aliphatic heterocycles. The van der Waals surface area contributed by atoms with Gasteiger partial charge in [-0.15, -0.1) is 0 Å². The van der Waals surface area contributed by atoms with Crippen LogP contribution in [0.2, 0.25) is 5.15 Å². The molecule has 0 bridgehead atoms. The van der Waals surface area contributed by atoms with E-state index in [-0.39, 0.29) is 0 Å². The molecule has 0 aromatic carbocycles. The molecular formula is C13H20ClN3S. The first-order valence-electron chi connectivity index (χ1n) is 6.50. The second-order valence-electron chi connectivity index (χ2n) is 4.98. The van der Waals surface area contributed by atoms with Crippen LogP contribution in [0.1, 0.15) is 39.0 Å². The summed E-state index contributed by atoms with van der Waals surface area (Å²) in [5, 5.41) is 4.68. The molecule has 0 radical (unpaired) electrons. The lowest BCUT2D eigenvalue weighted by molar-refractivity contribution is 0.306. The summed E-state index contributed by atoms with van der Waals surface area (Å²) in [7, 11) is 0. The highest BCUT2D eigenvalue weighted by Gasteiger charge is 2.31. The van der Waals surface area contributed by atoms with Crippen LogP contribution in [-0.2, 0) is 0 Å². The highest BCUT2D eigenvalue weighted by atomic mass is 35.5. The minimum Gasteiger partial charge on any atom is -0.369 e. The summed E-state index contributed by atoms with van der Waals surface area (Å²) in [6.45, 7) is 3.28. The van der Waals surface area contributed by atoms with Crippen LogP contribution in [0.5, 0.6) is 0 Å². The molecule has 1 heterocycles. The van der Waals surface area contributed by atoms with E-state index in [0.29, 0.717) is 10.6 Å². The first-order chi connectivity index (χ1) is 8.67. The predicted molar refractivity (Wildman–Crippen MR) is 78.5 cm³/mol. The topological polar surface area (TPSA) is 37.8 Å². The summed E-state index contributed by atoms with van der Waals surface area (Å²) in [4.78, 5) is 8.58. The van der Waals surface area contributed by atoms with Gasteiger partial charge in [-0.05, 0) is 30.9 Å². The van der Waals surface area contributed by atoms with Crippen molar-refractivity contribution in [1.82, 2.24) is 9.97 Å². The van der Waals surface area contributed by atoms with Crippen molar-refractivity contribution < 1.29 is 0 Å². The number of hydrogen-bond donors (Lipinski definition) is 1. The van der Waals surface area contributed by atoms with Crippen molar-refractivity contribution >= 4 is 29.2 Å². The third kappa shape index (κ3) is 3.29. The molecule has 1 saturated carbocycles. The first-order valence-corrected chi connectivity index (χ1v) is 8.10. The number of anilines is 1. The van der Waals surface area contributed by atoms with Crippen molar-refractivity contribution in [1.29, 1.82) is 0 Å². The number of thioether (sulfide) groups is 1. The molecule has 0 unspecified atom stereocenters. The van der Waals surface area contributed by atoms with Gasteiger partial charge in [0.05, 0.1) is 0 Å². The number of hydrogen-bond acceptors (Lipinski definition) is 4. The van der Waals surface area contributed by atoms with E-state index in [0.717, 1.165) is 17.5 Å². The molecule has 3 nitrogen and oxygen atoms in total. The second-order valence-corrected chi connectivity index (χ2v) is 6.14. The zero-order valence-electron chi connectivity index (χ0n) is 11.0. The van der Waals surface area contributed by atoms with Crippen molar-refractivity contribution in [3.63, 3.8) is 0 Å². The van der Waals surface area contributed by atoms with Crippen molar-refractivity contribution in [3.05, 3.63) is 11.2 Å². The van der Waals surface area contributed by atoms with E-state index in [1.165, 1.54) is 43.9 Å². The Morgan fingerprint density at radius 3 is 2.72 bits per heavy atom. The Morgan fingerprint density at radius 1 is 1.39 bits per heavy atom. The fraction of sp³-hybridized carbons (Fsp3) is 0.692. The van der Waals surface area contributed by atoms with Gasteiger partial charge in [-0.3, -0.25) is 0 Å². The molecule has 1 aromatic rings. The van der Waals surface area contributed by atoms with E-state index in [9.17, 15) is 0 Å². The summed E-state index contributed by atoms with van der Waals surface area (Å²) in [6.07, 6.45) is 8.55. The van der Waals surface area contributed by atoms with Gasteiger partial charge in [0.25, 0.3) is 0 Å². The number of nitrogens with one attached hydrogen (secondary N) is 1. The fourth-order valence-electron chi connectivity index (χ4n) is 2.64.